The lowest BCUT2D eigenvalue weighted by Crippen LogP contribution is -2.34. The SMILES string of the molecule is N=NC(N)=NC(=O)c1ccc(CN(C(=O)Nc2nc3cc(Br)ccc3s2)c2ccc(C3=CCCCC3)cc2)cc1. The van der Waals surface area contributed by atoms with E-state index in [1.54, 1.807) is 29.2 Å². The third-order valence-electron chi connectivity index (χ3n) is 6.52. The number of amides is 3. The number of nitrogens with zero attached hydrogens (tertiary/aromatic N) is 4. The number of fused-ring (bicyclic) bond motifs is 1. The summed E-state index contributed by atoms with van der Waals surface area (Å²) < 4.78 is 1.89. The van der Waals surface area contributed by atoms with Gasteiger partial charge in [0.15, 0.2) is 5.13 Å². The molecule has 0 bridgehead atoms. The minimum absolute atomic E-state index is 0.256. The third-order valence-corrected chi connectivity index (χ3v) is 7.97. The van der Waals surface area contributed by atoms with Crippen molar-refractivity contribution in [2.75, 3.05) is 10.2 Å². The minimum atomic E-state index is -0.593. The highest BCUT2D eigenvalue weighted by atomic mass is 79.9. The maximum atomic E-state index is 13.6. The second-order valence-corrected chi connectivity index (χ2v) is 11.2. The third kappa shape index (κ3) is 6.49. The Balaban J connectivity index is 1.41. The predicted octanol–water partition coefficient (Wildman–Crippen LogP) is 7.74. The van der Waals surface area contributed by atoms with Crippen LogP contribution in [0.2, 0.25) is 0 Å². The Morgan fingerprint density at radius 1 is 1.07 bits per heavy atom. The summed E-state index contributed by atoms with van der Waals surface area (Å²) in [5, 5.41) is 6.41. The number of allylic oxidation sites excluding steroid dienone is 2. The largest absolute Gasteiger partial charge is 0.366 e. The Hall–Kier alpha value is -4.22. The molecular formula is C29H26BrN7O2S. The number of carbonyl (C=O) groups excluding carboxylic acids is 2. The average molecular weight is 617 g/mol. The lowest BCUT2D eigenvalue weighted by Gasteiger charge is -2.23. The molecule has 40 heavy (non-hydrogen) atoms. The van der Waals surface area contributed by atoms with E-state index >= 15 is 0 Å². The van der Waals surface area contributed by atoms with Gasteiger partial charge in [0.2, 0.25) is 5.96 Å². The van der Waals surface area contributed by atoms with E-state index in [9.17, 15) is 9.59 Å². The number of halogens is 1. The standard InChI is InChI=1S/C29H26BrN7O2S/c30-22-12-15-25-24(16-22)33-28(40-25)35-29(39)37(23-13-10-20(11-14-23)19-4-2-1-3-5-19)17-18-6-8-21(9-7-18)26(38)34-27(31)36-32/h4,6-16,32H,1-3,5,17H2,(H2,31,34,38)(H,33,35,39). The van der Waals surface area contributed by atoms with Crippen molar-refractivity contribution in [3.05, 3.63) is 94.0 Å². The van der Waals surface area contributed by atoms with Crippen molar-refractivity contribution in [2.45, 2.75) is 32.2 Å². The van der Waals surface area contributed by atoms with Gasteiger partial charge in [-0.25, -0.2) is 15.3 Å². The van der Waals surface area contributed by atoms with Crippen molar-refractivity contribution in [2.24, 2.45) is 15.8 Å². The second kappa shape index (κ2) is 12.3. The van der Waals surface area contributed by atoms with Crippen LogP contribution in [0.3, 0.4) is 0 Å². The lowest BCUT2D eigenvalue weighted by molar-refractivity contribution is 0.100. The summed E-state index contributed by atoms with van der Waals surface area (Å²) in [7, 11) is 0. The van der Waals surface area contributed by atoms with Crippen LogP contribution in [-0.4, -0.2) is 22.9 Å². The monoisotopic (exact) mass is 615 g/mol. The first-order chi connectivity index (χ1) is 19.4. The van der Waals surface area contributed by atoms with Gasteiger partial charge in [-0.05, 0) is 84.8 Å². The Labute approximate surface area is 243 Å². The van der Waals surface area contributed by atoms with Crippen LogP contribution >= 0.6 is 27.3 Å². The van der Waals surface area contributed by atoms with Gasteiger partial charge in [0.05, 0.1) is 16.8 Å². The molecule has 5 rings (SSSR count). The Bertz CT molecular complexity index is 1630. The van der Waals surface area contributed by atoms with E-state index in [4.69, 9.17) is 11.3 Å². The maximum Gasteiger partial charge on any atom is 0.328 e. The van der Waals surface area contributed by atoms with E-state index in [-0.39, 0.29) is 12.6 Å². The molecule has 0 saturated carbocycles. The van der Waals surface area contributed by atoms with E-state index in [1.807, 2.05) is 30.3 Å². The second-order valence-electron chi connectivity index (χ2n) is 9.25. The summed E-state index contributed by atoms with van der Waals surface area (Å²) in [5.41, 5.74) is 17.4. The smallest absolute Gasteiger partial charge is 0.328 e. The molecule has 0 fully saturated rings. The zero-order chi connectivity index (χ0) is 28.1. The first-order valence-corrected chi connectivity index (χ1v) is 14.3. The number of nitrogens with one attached hydrogen (secondary N) is 2. The van der Waals surface area contributed by atoms with Gasteiger partial charge in [0, 0.05) is 15.7 Å². The zero-order valence-electron chi connectivity index (χ0n) is 21.4. The van der Waals surface area contributed by atoms with Gasteiger partial charge >= 0.3 is 6.03 Å². The summed E-state index contributed by atoms with van der Waals surface area (Å²) in [6.07, 6.45) is 6.87. The van der Waals surface area contributed by atoms with Gasteiger partial charge in [-0.15, -0.1) is 5.11 Å². The number of guanidine groups is 1. The quantitative estimate of drug-likeness (QED) is 0.116. The van der Waals surface area contributed by atoms with Crippen LogP contribution in [0.4, 0.5) is 15.6 Å². The fraction of sp³-hybridized carbons (Fsp3) is 0.172. The van der Waals surface area contributed by atoms with Gasteiger partial charge < -0.3 is 5.73 Å². The van der Waals surface area contributed by atoms with E-state index in [0.717, 1.165) is 38.8 Å². The van der Waals surface area contributed by atoms with Crippen LogP contribution in [0.1, 0.15) is 47.2 Å². The summed E-state index contributed by atoms with van der Waals surface area (Å²) in [6, 6.07) is 20.3. The number of benzene rings is 3. The van der Waals surface area contributed by atoms with Crippen molar-refractivity contribution in [1.29, 1.82) is 5.53 Å². The number of aromatic nitrogens is 1. The molecule has 202 valence electrons. The van der Waals surface area contributed by atoms with Crippen LogP contribution < -0.4 is 16.0 Å². The molecule has 0 radical (unpaired) electrons. The molecule has 9 nitrogen and oxygen atoms in total. The van der Waals surface area contributed by atoms with Crippen LogP contribution in [0.25, 0.3) is 15.8 Å². The predicted molar refractivity (Wildman–Crippen MR) is 163 cm³/mol. The summed E-state index contributed by atoms with van der Waals surface area (Å²) >= 11 is 4.87. The van der Waals surface area contributed by atoms with E-state index < -0.39 is 11.9 Å². The molecule has 4 N–H and O–H groups in total. The minimum Gasteiger partial charge on any atom is -0.366 e. The number of hydrogen-bond acceptors (Lipinski definition) is 5. The molecule has 0 saturated heterocycles. The number of aliphatic imine (C=N–C) groups is 1. The Morgan fingerprint density at radius 3 is 2.55 bits per heavy atom. The molecule has 0 atom stereocenters. The first kappa shape index (κ1) is 27.4. The molecule has 1 heterocycles. The summed E-state index contributed by atoms with van der Waals surface area (Å²) in [4.78, 5) is 35.6. The van der Waals surface area contributed by atoms with Crippen molar-refractivity contribution < 1.29 is 9.59 Å². The van der Waals surface area contributed by atoms with Crippen molar-refractivity contribution in [1.82, 2.24) is 4.98 Å². The van der Waals surface area contributed by atoms with Crippen LogP contribution in [-0.2, 0) is 6.54 Å². The van der Waals surface area contributed by atoms with E-state index in [0.29, 0.717) is 10.7 Å². The highest BCUT2D eigenvalue weighted by molar-refractivity contribution is 9.10. The first-order valence-electron chi connectivity index (χ1n) is 12.7. The van der Waals surface area contributed by atoms with Gasteiger partial charge in [0.1, 0.15) is 0 Å². The number of urea groups is 1. The topological polar surface area (TPSA) is 137 Å². The number of carbonyl (C=O) groups is 2. The van der Waals surface area contributed by atoms with Crippen molar-refractivity contribution >= 4 is 71.8 Å². The maximum absolute atomic E-state index is 13.6. The van der Waals surface area contributed by atoms with Crippen LogP contribution in [0.5, 0.6) is 0 Å². The summed E-state index contributed by atoms with van der Waals surface area (Å²) in [5.74, 6) is -1.00. The van der Waals surface area contributed by atoms with Gasteiger partial charge in [-0.2, -0.15) is 4.99 Å². The molecule has 1 aromatic heterocycles. The normalized spacial score (nSPS) is 13.5. The molecule has 0 unspecified atom stereocenters. The molecule has 11 heteroatoms. The number of nitrogens with two attached hydrogens (primary N) is 1. The number of hydrogen-bond donors (Lipinski definition) is 3. The molecule has 0 aliphatic heterocycles. The molecule has 1 aliphatic rings. The molecule has 1 aliphatic carbocycles. The Kier molecular flexibility index (Phi) is 8.42. The van der Waals surface area contributed by atoms with Crippen molar-refractivity contribution in [3.63, 3.8) is 0 Å². The molecule has 3 aromatic carbocycles. The van der Waals surface area contributed by atoms with Gasteiger partial charge in [0.25, 0.3) is 5.91 Å². The number of anilines is 2. The van der Waals surface area contributed by atoms with Gasteiger partial charge in [-0.3, -0.25) is 15.0 Å². The fourth-order valence-electron chi connectivity index (χ4n) is 4.48. The van der Waals surface area contributed by atoms with Gasteiger partial charge in [-0.1, -0.05) is 57.6 Å². The fourth-order valence-corrected chi connectivity index (χ4v) is 5.66. The molecule has 0 spiro atoms. The van der Waals surface area contributed by atoms with E-state index in [1.165, 1.54) is 35.3 Å². The lowest BCUT2D eigenvalue weighted by atomic mass is 9.93. The molecular weight excluding hydrogens is 590 g/mol. The summed E-state index contributed by atoms with van der Waals surface area (Å²) in [6.45, 7) is 0.256. The van der Waals surface area contributed by atoms with E-state index in [2.05, 4.69) is 54.5 Å². The zero-order valence-corrected chi connectivity index (χ0v) is 23.8. The number of rotatable bonds is 6. The Morgan fingerprint density at radius 2 is 1.85 bits per heavy atom. The van der Waals surface area contributed by atoms with Crippen molar-refractivity contribution in [3.8, 4) is 0 Å². The van der Waals surface area contributed by atoms with Crippen LogP contribution in [0, 0.1) is 5.53 Å². The molecule has 4 aromatic rings. The average Bonchev–Trinajstić information content (AvgIpc) is 3.37. The highest BCUT2D eigenvalue weighted by Gasteiger charge is 2.19. The number of thiazole rings is 1. The highest BCUT2D eigenvalue weighted by Crippen LogP contribution is 2.31. The van der Waals surface area contributed by atoms with Crippen LogP contribution in [0.15, 0.2) is 87.4 Å². The molecule has 3 amide bonds.